The number of piperidine rings is 1. The van der Waals surface area contributed by atoms with Crippen molar-refractivity contribution >= 4 is 16.0 Å². The van der Waals surface area contributed by atoms with Crippen molar-refractivity contribution in [2.24, 2.45) is 4.99 Å². The average molecular weight is 410 g/mol. The largest absolute Gasteiger partial charge is 0.355 e. The van der Waals surface area contributed by atoms with Crippen LogP contribution >= 0.6 is 0 Å². The van der Waals surface area contributed by atoms with Gasteiger partial charge in [0.05, 0.1) is 5.75 Å². The number of benzene rings is 1. The van der Waals surface area contributed by atoms with E-state index in [0.717, 1.165) is 36.2 Å². The molecule has 7 nitrogen and oxygen atoms in total. The van der Waals surface area contributed by atoms with Crippen LogP contribution in [0.2, 0.25) is 0 Å². The van der Waals surface area contributed by atoms with E-state index >= 15 is 0 Å². The van der Waals surface area contributed by atoms with E-state index in [0.29, 0.717) is 6.54 Å². The summed E-state index contributed by atoms with van der Waals surface area (Å²) in [7, 11) is -0.0344. The van der Waals surface area contributed by atoms with Crippen molar-refractivity contribution in [3.8, 4) is 0 Å². The van der Waals surface area contributed by atoms with Gasteiger partial charge in [-0.15, -0.1) is 0 Å². The molecule has 0 amide bonds. The van der Waals surface area contributed by atoms with Gasteiger partial charge in [0.15, 0.2) is 5.96 Å². The molecule has 0 bridgehead atoms. The first-order valence-corrected chi connectivity index (χ1v) is 11.8. The SMILES string of the molecule is CCC1CCCCN1CCNC(=NC)NCc1ccc(CS(=O)(=O)NC)cc1. The maximum atomic E-state index is 11.6. The smallest absolute Gasteiger partial charge is 0.215 e. The first kappa shape index (κ1) is 22.6. The van der Waals surface area contributed by atoms with E-state index in [-0.39, 0.29) is 5.75 Å². The minimum Gasteiger partial charge on any atom is -0.355 e. The third kappa shape index (κ3) is 7.41. The zero-order chi connectivity index (χ0) is 20.4. The predicted octanol–water partition coefficient (Wildman–Crippen LogP) is 1.67. The van der Waals surface area contributed by atoms with E-state index in [4.69, 9.17) is 0 Å². The van der Waals surface area contributed by atoms with Crippen molar-refractivity contribution < 1.29 is 8.42 Å². The van der Waals surface area contributed by atoms with Crippen LogP contribution < -0.4 is 15.4 Å². The second-order valence-corrected chi connectivity index (χ2v) is 9.15. The lowest BCUT2D eigenvalue weighted by Gasteiger charge is -2.35. The van der Waals surface area contributed by atoms with Crippen LogP contribution in [0.15, 0.2) is 29.3 Å². The summed E-state index contributed by atoms with van der Waals surface area (Å²) in [6, 6.07) is 8.31. The van der Waals surface area contributed by atoms with E-state index in [1.165, 1.54) is 39.3 Å². The molecule has 1 aromatic rings. The summed E-state index contributed by atoms with van der Waals surface area (Å²) in [5.74, 6) is 0.780. The van der Waals surface area contributed by atoms with Gasteiger partial charge in [0.2, 0.25) is 10.0 Å². The van der Waals surface area contributed by atoms with Gasteiger partial charge in [-0.3, -0.25) is 9.89 Å². The summed E-state index contributed by atoms with van der Waals surface area (Å²) in [5, 5.41) is 6.71. The van der Waals surface area contributed by atoms with Crippen LogP contribution in [0.4, 0.5) is 0 Å². The molecule has 1 aliphatic rings. The Morgan fingerprint density at radius 3 is 2.54 bits per heavy atom. The molecule has 1 atom stereocenters. The van der Waals surface area contributed by atoms with E-state index in [1.807, 2.05) is 24.3 Å². The highest BCUT2D eigenvalue weighted by atomic mass is 32.2. The number of guanidine groups is 1. The molecule has 0 spiro atoms. The molecular formula is C20H35N5O2S. The van der Waals surface area contributed by atoms with E-state index in [2.05, 4.69) is 32.2 Å². The fourth-order valence-corrected chi connectivity index (χ4v) is 4.36. The molecule has 0 aliphatic carbocycles. The molecule has 1 heterocycles. The molecule has 28 heavy (non-hydrogen) atoms. The average Bonchev–Trinajstić information content (AvgIpc) is 2.71. The summed E-state index contributed by atoms with van der Waals surface area (Å²) >= 11 is 0. The molecule has 1 fully saturated rings. The Hall–Kier alpha value is -1.64. The van der Waals surface area contributed by atoms with Gasteiger partial charge in [-0.2, -0.15) is 0 Å². The zero-order valence-electron chi connectivity index (χ0n) is 17.4. The molecule has 1 aromatic carbocycles. The van der Waals surface area contributed by atoms with Crippen molar-refractivity contribution in [2.45, 2.75) is 50.9 Å². The topological polar surface area (TPSA) is 85.8 Å². The summed E-state index contributed by atoms with van der Waals surface area (Å²) in [6.07, 6.45) is 5.19. The number of hydrogen-bond donors (Lipinski definition) is 3. The van der Waals surface area contributed by atoms with Crippen LogP contribution in [0, 0.1) is 0 Å². The van der Waals surface area contributed by atoms with Gasteiger partial charge in [0.1, 0.15) is 0 Å². The molecule has 3 N–H and O–H groups in total. The van der Waals surface area contributed by atoms with Crippen molar-refractivity contribution in [2.75, 3.05) is 33.7 Å². The molecule has 2 rings (SSSR count). The first-order valence-electron chi connectivity index (χ1n) is 10.1. The normalized spacial score (nSPS) is 18.8. The van der Waals surface area contributed by atoms with Gasteiger partial charge in [-0.05, 0) is 44.0 Å². The Labute approximate surface area is 170 Å². The molecule has 1 saturated heterocycles. The van der Waals surface area contributed by atoms with Crippen LogP contribution in [0.1, 0.15) is 43.7 Å². The van der Waals surface area contributed by atoms with Crippen molar-refractivity contribution in [3.63, 3.8) is 0 Å². The van der Waals surface area contributed by atoms with Crippen molar-refractivity contribution in [1.29, 1.82) is 0 Å². The fourth-order valence-electron chi connectivity index (χ4n) is 3.59. The van der Waals surface area contributed by atoms with E-state index in [9.17, 15) is 8.42 Å². The van der Waals surface area contributed by atoms with Crippen LogP contribution in [-0.4, -0.2) is 59.0 Å². The lowest BCUT2D eigenvalue weighted by Crippen LogP contribution is -2.45. The zero-order valence-corrected chi connectivity index (χ0v) is 18.2. The quantitative estimate of drug-likeness (QED) is 0.427. The highest BCUT2D eigenvalue weighted by molar-refractivity contribution is 7.88. The minimum atomic E-state index is -3.24. The van der Waals surface area contributed by atoms with Crippen LogP contribution in [0.25, 0.3) is 0 Å². The molecule has 158 valence electrons. The van der Waals surface area contributed by atoms with Gasteiger partial charge < -0.3 is 10.6 Å². The molecular weight excluding hydrogens is 374 g/mol. The molecule has 0 aromatic heterocycles. The second kappa shape index (κ2) is 11.4. The first-order chi connectivity index (χ1) is 13.5. The summed E-state index contributed by atoms with van der Waals surface area (Å²) in [4.78, 5) is 6.88. The molecule has 0 saturated carbocycles. The molecule has 1 unspecified atom stereocenters. The summed E-state index contributed by atoms with van der Waals surface area (Å²) in [6.45, 7) is 6.02. The number of likely N-dealkylation sites (tertiary alicyclic amines) is 1. The van der Waals surface area contributed by atoms with Crippen LogP contribution in [0.5, 0.6) is 0 Å². The summed E-state index contributed by atoms with van der Waals surface area (Å²) in [5.41, 5.74) is 1.85. The molecule has 0 radical (unpaired) electrons. The fraction of sp³-hybridized carbons (Fsp3) is 0.650. The maximum absolute atomic E-state index is 11.6. The monoisotopic (exact) mass is 409 g/mol. The lowest BCUT2D eigenvalue weighted by molar-refractivity contribution is 0.147. The number of aliphatic imine (C=N–C) groups is 1. The highest BCUT2D eigenvalue weighted by Gasteiger charge is 2.19. The molecule has 8 heteroatoms. The number of rotatable bonds is 9. The van der Waals surface area contributed by atoms with Gasteiger partial charge >= 0.3 is 0 Å². The maximum Gasteiger partial charge on any atom is 0.215 e. The van der Waals surface area contributed by atoms with Crippen molar-refractivity contribution in [1.82, 2.24) is 20.3 Å². The number of nitrogens with one attached hydrogen (secondary N) is 3. The number of hydrogen-bond acceptors (Lipinski definition) is 4. The second-order valence-electron chi connectivity index (χ2n) is 7.23. The van der Waals surface area contributed by atoms with Crippen molar-refractivity contribution in [3.05, 3.63) is 35.4 Å². The van der Waals surface area contributed by atoms with Gasteiger partial charge in [-0.1, -0.05) is 37.6 Å². The van der Waals surface area contributed by atoms with Gasteiger partial charge in [0, 0.05) is 32.7 Å². The Morgan fingerprint density at radius 1 is 1.18 bits per heavy atom. The highest BCUT2D eigenvalue weighted by Crippen LogP contribution is 2.18. The number of nitrogens with zero attached hydrogens (tertiary/aromatic N) is 2. The summed E-state index contributed by atoms with van der Waals surface area (Å²) < 4.78 is 25.6. The Bertz CT molecular complexity index is 719. The third-order valence-electron chi connectivity index (χ3n) is 5.29. The van der Waals surface area contributed by atoms with Crippen LogP contribution in [0.3, 0.4) is 0 Å². The predicted molar refractivity (Wildman–Crippen MR) is 116 cm³/mol. The van der Waals surface area contributed by atoms with E-state index < -0.39 is 10.0 Å². The Morgan fingerprint density at radius 2 is 1.89 bits per heavy atom. The standard InChI is InChI=1S/C20H35N5O2S/c1-4-19-7-5-6-13-25(19)14-12-23-20(21-2)24-15-17-8-10-18(11-9-17)16-28(26,27)22-3/h8-11,19,22H,4-7,12-16H2,1-3H3,(H2,21,23,24). The van der Waals surface area contributed by atoms with E-state index in [1.54, 1.807) is 7.05 Å². The Balaban J connectivity index is 1.76. The lowest BCUT2D eigenvalue weighted by atomic mass is 10.0. The molecule has 1 aliphatic heterocycles. The van der Waals surface area contributed by atoms with Crippen LogP contribution in [-0.2, 0) is 22.3 Å². The Kier molecular flexibility index (Phi) is 9.21. The third-order valence-corrected chi connectivity index (χ3v) is 6.62. The minimum absolute atomic E-state index is 0.00428. The van der Waals surface area contributed by atoms with Gasteiger partial charge in [-0.25, -0.2) is 13.1 Å². The number of sulfonamides is 1. The van der Waals surface area contributed by atoms with Gasteiger partial charge in [0.25, 0.3) is 0 Å².